The Morgan fingerprint density at radius 2 is 2.15 bits per heavy atom. The zero-order valence-corrected chi connectivity index (χ0v) is 12.0. The number of ether oxygens (including phenoxy) is 1. The largest absolute Gasteiger partial charge is 0.462 e. The van der Waals surface area contributed by atoms with Gasteiger partial charge in [0.15, 0.2) is 0 Å². The molecule has 0 unspecified atom stereocenters. The molecular formula is C15H19N3O2. The lowest BCUT2D eigenvalue weighted by molar-refractivity contribution is 0.0526. The van der Waals surface area contributed by atoms with Crippen molar-refractivity contribution >= 4 is 11.7 Å². The number of nitrogen functional groups attached to an aromatic ring is 1. The number of nitrogens with zero attached hydrogens (tertiary/aromatic N) is 2. The van der Waals surface area contributed by atoms with Crippen molar-refractivity contribution < 1.29 is 9.53 Å². The van der Waals surface area contributed by atoms with Crippen LogP contribution in [0.2, 0.25) is 0 Å². The second-order valence-corrected chi connectivity index (χ2v) is 4.80. The van der Waals surface area contributed by atoms with Crippen molar-refractivity contribution in [3.8, 4) is 5.69 Å². The van der Waals surface area contributed by atoms with Gasteiger partial charge in [0.1, 0.15) is 5.69 Å². The van der Waals surface area contributed by atoms with Gasteiger partial charge in [-0.2, -0.15) is 5.10 Å². The standard InChI is InChI=1S/C15H19N3O2/c1-4-20-15(19)11-6-5-7-12(16)14(11)18-9-8-13(17-18)10(2)3/h5-10H,4,16H2,1-3H3. The third-order valence-corrected chi connectivity index (χ3v) is 2.99. The summed E-state index contributed by atoms with van der Waals surface area (Å²) < 4.78 is 6.70. The highest BCUT2D eigenvalue weighted by Gasteiger charge is 2.17. The van der Waals surface area contributed by atoms with Crippen LogP contribution in [0.4, 0.5) is 5.69 Å². The molecular weight excluding hydrogens is 254 g/mol. The average molecular weight is 273 g/mol. The average Bonchev–Trinajstić information content (AvgIpc) is 2.88. The lowest BCUT2D eigenvalue weighted by Gasteiger charge is -2.11. The molecule has 106 valence electrons. The van der Waals surface area contributed by atoms with Crippen LogP contribution >= 0.6 is 0 Å². The van der Waals surface area contributed by atoms with Gasteiger partial charge >= 0.3 is 5.97 Å². The molecule has 20 heavy (non-hydrogen) atoms. The van der Waals surface area contributed by atoms with Crippen LogP contribution in [0.1, 0.15) is 42.7 Å². The maximum absolute atomic E-state index is 12.0. The molecule has 0 saturated carbocycles. The number of anilines is 1. The fraction of sp³-hybridized carbons (Fsp3) is 0.333. The Bertz CT molecular complexity index is 617. The maximum Gasteiger partial charge on any atom is 0.340 e. The van der Waals surface area contributed by atoms with Crippen LogP contribution in [0.25, 0.3) is 5.69 Å². The lowest BCUT2D eigenvalue weighted by Crippen LogP contribution is -2.12. The number of para-hydroxylation sites is 1. The molecule has 0 atom stereocenters. The lowest BCUT2D eigenvalue weighted by atomic mass is 10.1. The summed E-state index contributed by atoms with van der Waals surface area (Å²) in [5.41, 5.74) is 8.43. The van der Waals surface area contributed by atoms with Crippen molar-refractivity contribution in [3.05, 3.63) is 41.7 Å². The number of nitrogens with two attached hydrogens (primary N) is 1. The van der Waals surface area contributed by atoms with Gasteiger partial charge in [0.25, 0.3) is 0 Å². The van der Waals surface area contributed by atoms with E-state index < -0.39 is 5.97 Å². The number of benzene rings is 1. The summed E-state index contributed by atoms with van der Waals surface area (Å²) in [6, 6.07) is 7.10. The summed E-state index contributed by atoms with van der Waals surface area (Å²) in [7, 11) is 0. The molecule has 2 rings (SSSR count). The van der Waals surface area contributed by atoms with E-state index >= 15 is 0 Å². The van der Waals surface area contributed by atoms with Gasteiger partial charge in [0, 0.05) is 6.20 Å². The Morgan fingerprint density at radius 3 is 2.75 bits per heavy atom. The smallest absolute Gasteiger partial charge is 0.340 e. The number of esters is 1. The Hall–Kier alpha value is -2.30. The molecule has 1 heterocycles. The summed E-state index contributed by atoms with van der Waals surface area (Å²) >= 11 is 0. The molecule has 0 bridgehead atoms. The molecule has 5 heteroatoms. The number of aromatic nitrogens is 2. The van der Waals surface area contributed by atoms with E-state index in [4.69, 9.17) is 10.5 Å². The van der Waals surface area contributed by atoms with Crippen molar-refractivity contribution in [2.75, 3.05) is 12.3 Å². The van der Waals surface area contributed by atoms with Gasteiger partial charge in [-0.05, 0) is 31.0 Å². The molecule has 0 aliphatic carbocycles. The van der Waals surface area contributed by atoms with Crippen LogP contribution < -0.4 is 5.73 Å². The molecule has 0 amide bonds. The van der Waals surface area contributed by atoms with Gasteiger partial charge in [-0.25, -0.2) is 9.48 Å². The first kappa shape index (κ1) is 14.1. The van der Waals surface area contributed by atoms with Crippen molar-refractivity contribution in [2.45, 2.75) is 26.7 Å². The molecule has 5 nitrogen and oxygen atoms in total. The van der Waals surface area contributed by atoms with Gasteiger partial charge in [-0.15, -0.1) is 0 Å². The van der Waals surface area contributed by atoms with Gasteiger partial charge in [0.05, 0.1) is 23.6 Å². The van der Waals surface area contributed by atoms with Crippen LogP contribution in [0.5, 0.6) is 0 Å². The van der Waals surface area contributed by atoms with E-state index in [0.29, 0.717) is 29.5 Å². The number of rotatable bonds is 4. The minimum absolute atomic E-state index is 0.312. The summed E-state index contributed by atoms with van der Waals surface area (Å²) in [5, 5.41) is 4.47. The summed E-state index contributed by atoms with van der Waals surface area (Å²) in [6.07, 6.45) is 1.81. The van der Waals surface area contributed by atoms with Crippen molar-refractivity contribution in [3.63, 3.8) is 0 Å². The summed E-state index contributed by atoms with van der Waals surface area (Å²) in [4.78, 5) is 12.0. The van der Waals surface area contributed by atoms with Crippen LogP contribution in [0, 0.1) is 0 Å². The van der Waals surface area contributed by atoms with E-state index in [-0.39, 0.29) is 0 Å². The van der Waals surface area contributed by atoms with Crippen LogP contribution in [0.15, 0.2) is 30.5 Å². The van der Waals surface area contributed by atoms with E-state index in [1.165, 1.54) is 0 Å². The summed E-state index contributed by atoms with van der Waals surface area (Å²) in [5.74, 6) is -0.0800. The molecule has 1 aromatic carbocycles. The van der Waals surface area contributed by atoms with Gasteiger partial charge in [-0.1, -0.05) is 19.9 Å². The van der Waals surface area contributed by atoms with Gasteiger partial charge in [-0.3, -0.25) is 0 Å². The van der Waals surface area contributed by atoms with Gasteiger partial charge < -0.3 is 10.5 Å². The molecule has 2 N–H and O–H groups in total. The second-order valence-electron chi connectivity index (χ2n) is 4.80. The third kappa shape index (κ3) is 2.66. The fourth-order valence-electron chi connectivity index (χ4n) is 1.96. The topological polar surface area (TPSA) is 70.1 Å². The normalized spacial score (nSPS) is 10.8. The molecule has 1 aromatic heterocycles. The monoisotopic (exact) mass is 273 g/mol. The first-order valence-corrected chi connectivity index (χ1v) is 6.66. The predicted molar refractivity (Wildman–Crippen MR) is 78.0 cm³/mol. The van der Waals surface area contributed by atoms with Crippen LogP contribution in [-0.2, 0) is 4.74 Å². The highest BCUT2D eigenvalue weighted by molar-refractivity contribution is 5.95. The first-order chi connectivity index (χ1) is 9.54. The SMILES string of the molecule is CCOC(=O)c1cccc(N)c1-n1ccc(C(C)C)n1. The maximum atomic E-state index is 12.0. The Balaban J connectivity index is 2.51. The minimum Gasteiger partial charge on any atom is -0.462 e. The quantitative estimate of drug-likeness (QED) is 0.687. The Kier molecular flexibility index (Phi) is 4.08. The highest BCUT2D eigenvalue weighted by Crippen LogP contribution is 2.23. The molecule has 0 fully saturated rings. The fourth-order valence-corrected chi connectivity index (χ4v) is 1.96. The Labute approximate surface area is 118 Å². The van der Waals surface area contributed by atoms with Crippen molar-refractivity contribution in [1.29, 1.82) is 0 Å². The third-order valence-electron chi connectivity index (χ3n) is 2.99. The molecule has 0 aliphatic heterocycles. The molecule has 0 radical (unpaired) electrons. The zero-order valence-electron chi connectivity index (χ0n) is 12.0. The van der Waals surface area contributed by atoms with E-state index in [2.05, 4.69) is 18.9 Å². The number of hydrogen-bond donors (Lipinski definition) is 1. The van der Waals surface area contributed by atoms with Crippen molar-refractivity contribution in [1.82, 2.24) is 9.78 Å². The Morgan fingerprint density at radius 1 is 1.40 bits per heavy atom. The van der Waals surface area contributed by atoms with E-state index in [1.54, 1.807) is 29.8 Å². The van der Waals surface area contributed by atoms with Crippen LogP contribution in [-0.4, -0.2) is 22.4 Å². The van der Waals surface area contributed by atoms with E-state index in [9.17, 15) is 4.79 Å². The molecule has 0 aliphatic rings. The zero-order chi connectivity index (χ0) is 14.7. The van der Waals surface area contributed by atoms with E-state index in [0.717, 1.165) is 5.69 Å². The predicted octanol–water partition coefficient (Wildman–Crippen LogP) is 2.75. The molecule has 0 saturated heterocycles. The number of carbonyl (C=O) groups is 1. The second kappa shape index (κ2) is 5.77. The molecule has 0 spiro atoms. The van der Waals surface area contributed by atoms with Crippen LogP contribution in [0.3, 0.4) is 0 Å². The first-order valence-electron chi connectivity index (χ1n) is 6.66. The summed E-state index contributed by atoms with van der Waals surface area (Å²) in [6.45, 7) is 6.22. The van der Waals surface area contributed by atoms with Crippen molar-refractivity contribution in [2.24, 2.45) is 0 Å². The minimum atomic E-state index is -0.392. The highest BCUT2D eigenvalue weighted by atomic mass is 16.5. The van der Waals surface area contributed by atoms with E-state index in [1.807, 2.05) is 12.3 Å². The number of carbonyl (C=O) groups excluding carboxylic acids is 1. The number of hydrogen-bond acceptors (Lipinski definition) is 4. The van der Waals surface area contributed by atoms with Gasteiger partial charge in [0.2, 0.25) is 0 Å². The molecule has 2 aromatic rings.